The minimum absolute atomic E-state index is 0.319. The molecule has 5 aromatic rings. The lowest BCUT2D eigenvalue weighted by Gasteiger charge is -2.11. The smallest absolute Gasteiger partial charge is 0.132 e. The van der Waals surface area contributed by atoms with Crippen molar-refractivity contribution in [1.82, 2.24) is 9.97 Å². The van der Waals surface area contributed by atoms with Crippen LogP contribution in [0.25, 0.3) is 33.1 Å². The third-order valence-electron chi connectivity index (χ3n) is 5.12. The highest BCUT2D eigenvalue weighted by atomic mass is 35.5. The Labute approximate surface area is 195 Å². The van der Waals surface area contributed by atoms with Crippen molar-refractivity contribution >= 4 is 50.7 Å². The molecule has 0 saturated carbocycles. The lowest BCUT2D eigenvalue weighted by Crippen LogP contribution is -1.94. The molecule has 0 bridgehead atoms. The first-order chi connectivity index (χ1) is 15.3. The molecule has 0 radical (unpaired) electrons. The second-order valence-corrected chi connectivity index (χ2v) is 8.23. The monoisotopic (exact) mass is 463 g/mol. The van der Waals surface area contributed by atoms with E-state index in [1.165, 1.54) is 6.07 Å². The van der Waals surface area contributed by atoms with Crippen LogP contribution in [0.15, 0.2) is 72.8 Å². The summed E-state index contributed by atoms with van der Waals surface area (Å²) in [6.07, 6.45) is 0. The van der Waals surface area contributed by atoms with Gasteiger partial charge in [0.05, 0.1) is 21.7 Å². The van der Waals surface area contributed by atoms with Gasteiger partial charge in [0.1, 0.15) is 5.82 Å². The summed E-state index contributed by atoms with van der Waals surface area (Å²) in [5, 5.41) is 2.99. The van der Waals surface area contributed by atoms with Gasteiger partial charge in [0, 0.05) is 32.7 Å². The van der Waals surface area contributed by atoms with Gasteiger partial charge in [-0.1, -0.05) is 53.5 Å². The minimum atomic E-state index is -0.319. The van der Waals surface area contributed by atoms with E-state index in [0.29, 0.717) is 26.8 Å². The molecule has 0 aliphatic carbocycles. The molecule has 2 aromatic heterocycles. The van der Waals surface area contributed by atoms with E-state index in [9.17, 15) is 4.39 Å². The Kier molecular flexibility index (Phi) is 6.26. The number of fused-ring (bicyclic) bond motifs is 2. The number of rotatable bonds is 1. The molecule has 0 saturated heterocycles. The number of aryl methyl sites for hydroxylation is 1. The van der Waals surface area contributed by atoms with Gasteiger partial charge in [-0.05, 0) is 61.9 Å². The number of nitrogens with two attached hydrogens (primary N) is 1. The summed E-state index contributed by atoms with van der Waals surface area (Å²) in [4.78, 5) is 8.88. The Balaban J connectivity index is 0.000000174. The van der Waals surface area contributed by atoms with E-state index in [0.717, 1.165) is 33.2 Å². The van der Waals surface area contributed by atoms with Crippen LogP contribution in [0, 0.1) is 19.7 Å². The highest BCUT2D eigenvalue weighted by molar-refractivity contribution is 6.37. The van der Waals surface area contributed by atoms with Crippen LogP contribution in [0.1, 0.15) is 11.3 Å². The number of aromatic nitrogens is 2. The predicted octanol–water partition coefficient (Wildman–Crippen LogP) is 7.78. The van der Waals surface area contributed by atoms with E-state index in [1.54, 1.807) is 30.3 Å². The van der Waals surface area contributed by atoms with E-state index in [4.69, 9.17) is 28.9 Å². The Morgan fingerprint density at radius 2 is 1.50 bits per heavy atom. The molecular formula is C26H20Cl2FN3. The van der Waals surface area contributed by atoms with Crippen LogP contribution >= 0.6 is 23.2 Å². The summed E-state index contributed by atoms with van der Waals surface area (Å²) >= 11 is 12.4. The molecule has 32 heavy (non-hydrogen) atoms. The lowest BCUT2D eigenvalue weighted by atomic mass is 10.0. The van der Waals surface area contributed by atoms with Gasteiger partial charge in [0.2, 0.25) is 0 Å². The van der Waals surface area contributed by atoms with E-state index in [1.807, 2.05) is 50.2 Å². The Morgan fingerprint density at radius 3 is 2.28 bits per heavy atom. The molecular weight excluding hydrogens is 444 g/mol. The molecule has 0 fully saturated rings. The molecule has 0 aliphatic heterocycles. The maximum atomic E-state index is 14.0. The fourth-order valence-electron chi connectivity index (χ4n) is 3.55. The molecule has 3 aromatic carbocycles. The summed E-state index contributed by atoms with van der Waals surface area (Å²) in [7, 11) is 0. The predicted molar refractivity (Wildman–Crippen MR) is 133 cm³/mol. The number of hydrogen-bond donors (Lipinski definition) is 1. The molecule has 6 heteroatoms. The van der Waals surface area contributed by atoms with Gasteiger partial charge in [0.15, 0.2) is 0 Å². The number of nitrogens with zero attached hydrogens (tertiary/aromatic N) is 2. The highest BCUT2D eigenvalue weighted by Gasteiger charge is 2.14. The zero-order valence-electron chi connectivity index (χ0n) is 17.5. The van der Waals surface area contributed by atoms with Gasteiger partial charge in [-0.2, -0.15) is 0 Å². The van der Waals surface area contributed by atoms with E-state index in [-0.39, 0.29) is 5.82 Å². The zero-order chi connectivity index (χ0) is 22.8. The van der Waals surface area contributed by atoms with Crippen LogP contribution in [-0.2, 0) is 0 Å². The molecule has 3 nitrogen and oxygen atoms in total. The van der Waals surface area contributed by atoms with Crippen molar-refractivity contribution in [3.8, 4) is 11.3 Å². The van der Waals surface area contributed by atoms with Gasteiger partial charge < -0.3 is 5.73 Å². The van der Waals surface area contributed by atoms with Gasteiger partial charge in [-0.3, -0.25) is 4.98 Å². The number of hydrogen-bond acceptors (Lipinski definition) is 3. The van der Waals surface area contributed by atoms with E-state index in [2.05, 4.69) is 9.97 Å². The summed E-state index contributed by atoms with van der Waals surface area (Å²) in [6, 6.07) is 21.6. The Hall–Kier alpha value is -3.21. The first-order valence-corrected chi connectivity index (χ1v) is 10.7. The number of para-hydroxylation sites is 1. The van der Waals surface area contributed by atoms with Crippen LogP contribution in [0.5, 0.6) is 0 Å². The number of benzene rings is 3. The van der Waals surface area contributed by atoms with Crippen LogP contribution in [-0.4, -0.2) is 9.97 Å². The molecule has 0 spiro atoms. The number of nitrogen functional groups attached to an aromatic ring is 1. The number of pyridine rings is 2. The molecule has 0 atom stereocenters. The van der Waals surface area contributed by atoms with Crippen molar-refractivity contribution in [2.75, 3.05) is 5.73 Å². The molecule has 0 amide bonds. The highest BCUT2D eigenvalue weighted by Crippen LogP contribution is 2.34. The quantitative estimate of drug-likeness (QED) is 0.276. The van der Waals surface area contributed by atoms with Crippen LogP contribution in [0.4, 0.5) is 10.1 Å². The average Bonchev–Trinajstić information content (AvgIpc) is 2.77. The van der Waals surface area contributed by atoms with Gasteiger partial charge in [0.25, 0.3) is 0 Å². The molecule has 0 unspecified atom stereocenters. The maximum absolute atomic E-state index is 14.0. The third kappa shape index (κ3) is 4.38. The SMILES string of the molecule is Cc1c(-c2ccccc2F)nc2cc(Cl)ccc2c1Cl.Cc1cc(N)c2ccccc2n1. The summed E-state index contributed by atoms with van der Waals surface area (Å²) in [5.41, 5.74) is 11.0. The number of anilines is 1. The third-order valence-corrected chi connectivity index (χ3v) is 5.84. The largest absolute Gasteiger partial charge is 0.398 e. The van der Waals surface area contributed by atoms with E-state index >= 15 is 0 Å². The second-order valence-electron chi connectivity index (χ2n) is 7.41. The average molecular weight is 464 g/mol. The first kappa shape index (κ1) is 22.0. The van der Waals surface area contributed by atoms with Crippen molar-refractivity contribution in [2.24, 2.45) is 0 Å². The normalized spacial score (nSPS) is 10.8. The second kappa shape index (κ2) is 9.11. The topological polar surface area (TPSA) is 51.8 Å². The Bertz CT molecular complexity index is 1450. The van der Waals surface area contributed by atoms with Crippen LogP contribution < -0.4 is 5.73 Å². The Morgan fingerprint density at radius 1 is 0.781 bits per heavy atom. The molecule has 160 valence electrons. The van der Waals surface area contributed by atoms with Crippen molar-refractivity contribution in [3.63, 3.8) is 0 Å². The minimum Gasteiger partial charge on any atom is -0.398 e. The van der Waals surface area contributed by atoms with Crippen molar-refractivity contribution < 1.29 is 4.39 Å². The summed E-state index contributed by atoms with van der Waals surface area (Å²) in [6.45, 7) is 3.79. The molecule has 2 heterocycles. The molecule has 2 N–H and O–H groups in total. The standard InChI is InChI=1S/C16H10Cl2FN.C10H10N2/c1-9-15(18)12-7-6-10(17)8-14(12)20-16(9)11-4-2-3-5-13(11)19;1-7-6-9(11)8-4-2-3-5-10(8)12-7/h2-8H,1H3;2-6H,1H3,(H2,11,12). The van der Waals surface area contributed by atoms with Crippen LogP contribution in [0.3, 0.4) is 0 Å². The fraction of sp³-hybridized carbons (Fsp3) is 0.0769. The molecule has 5 rings (SSSR count). The van der Waals surface area contributed by atoms with Crippen molar-refractivity contribution in [1.29, 1.82) is 0 Å². The van der Waals surface area contributed by atoms with Crippen LogP contribution in [0.2, 0.25) is 10.0 Å². The van der Waals surface area contributed by atoms with Crippen molar-refractivity contribution in [3.05, 3.63) is 99.9 Å². The fourth-order valence-corrected chi connectivity index (χ4v) is 3.96. The summed E-state index contributed by atoms with van der Waals surface area (Å²) in [5.74, 6) is -0.319. The lowest BCUT2D eigenvalue weighted by molar-refractivity contribution is 0.630. The molecule has 0 aliphatic rings. The first-order valence-electron chi connectivity index (χ1n) is 9.97. The van der Waals surface area contributed by atoms with Gasteiger partial charge in [-0.15, -0.1) is 0 Å². The number of halogens is 3. The van der Waals surface area contributed by atoms with Gasteiger partial charge in [-0.25, -0.2) is 9.37 Å². The summed E-state index contributed by atoms with van der Waals surface area (Å²) < 4.78 is 14.0. The van der Waals surface area contributed by atoms with E-state index < -0.39 is 0 Å². The zero-order valence-corrected chi connectivity index (χ0v) is 19.0. The maximum Gasteiger partial charge on any atom is 0.132 e. The van der Waals surface area contributed by atoms with Gasteiger partial charge >= 0.3 is 0 Å². The van der Waals surface area contributed by atoms with Crippen molar-refractivity contribution in [2.45, 2.75) is 13.8 Å².